The van der Waals surface area contributed by atoms with E-state index in [0.717, 1.165) is 13.0 Å². The first-order valence-corrected chi connectivity index (χ1v) is 5.60. The minimum absolute atomic E-state index is 0.341. The van der Waals surface area contributed by atoms with Gasteiger partial charge in [-0.05, 0) is 19.3 Å². The Hall–Kier alpha value is -1.03. The van der Waals surface area contributed by atoms with Crippen molar-refractivity contribution in [3.05, 3.63) is 12.4 Å². The molecule has 0 saturated carbocycles. The Balaban J connectivity index is 2.17. The predicted molar refractivity (Wildman–Crippen MR) is 61.8 cm³/mol. The van der Waals surface area contributed by atoms with Crippen LogP contribution in [0.15, 0.2) is 12.4 Å². The van der Waals surface area contributed by atoms with E-state index in [0.29, 0.717) is 18.0 Å². The zero-order valence-corrected chi connectivity index (χ0v) is 9.72. The van der Waals surface area contributed by atoms with Crippen LogP contribution in [0.4, 0.5) is 5.69 Å². The van der Waals surface area contributed by atoms with Gasteiger partial charge in [-0.15, -0.1) is 0 Å². The minimum atomic E-state index is 0.341. The molecule has 2 rings (SSSR count). The van der Waals surface area contributed by atoms with Gasteiger partial charge in [0, 0.05) is 31.9 Å². The first kappa shape index (κ1) is 10.5. The van der Waals surface area contributed by atoms with Crippen LogP contribution in [0.3, 0.4) is 0 Å². The van der Waals surface area contributed by atoms with E-state index in [9.17, 15) is 0 Å². The highest BCUT2D eigenvalue weighted by molar-refractivity contribution is 5.44. The predicted octanol–water partition coefficient (Wildman–Crippen LogP) is 0.982. The van der Waals surface area contributed by atoms with E-state index in [-0.39, 0.29) is 0 Å². The Morgan fingerprint density at radius 1 is 1.47 bits per heavy atom. The van der Waals surface area contributed by atoms with Gasteiger partial charge in [-0.25, -0.2) is 0 Å². The molecule has 0 amide bonds. The first-order valence-electron chi connectivity index (χ1n) is 5.60. The second-order valence-electron chi connectivity index (χ2n) is 4.62. The molecule has 3 atom stereocenters. The molecule has 15 heavy (non-hydrogen) atoms. The van der Waals surface area contributed by atoms with E-state index in [1.807, 2.05) is 17.9 Å². The molecule has 1 fully saturated rings. The van der Waals surface area contributed by atoms with Crippen LogP contribution in [-0.4, -0.2) is 28.4 Å². The molecule has 0 bridgehead atoms. The topological polar surface area (TPSA) is 47.1 Å². The molecule has 1 aromatic rings. The summed E-state index contributed by atoms with van der Waals surface area (Å²) in [5.41, 5.74) is 7.28. The highest BCUT2D eigenvalue weighted by Gasteiger charge is 2.30. The molecule has 84 valence electrons. The van der Waals surface area contributed by atoms with E-state index >= 15 is 0 Å². The van der Waals surface area contributed by atoms with Gasteiger partial charge in [0.15, 0.2) is 0 Å². The molecule has 1 aliphatic rings. The van der Waals surface area contributed by atoms with Crippen molar-refractivity contribution < 1.29 is 0 Å². The van der Waals surface area contributed by atoms with Crippen LogP contribution in [0.25, 0.3) is 0 Å². The van der Waals surface area contributed by atoms with E-state index in [1.165, 1.54) is 5.69 Å². The lowest BCUT2D eigenvalue weighted by Gasteiger charge is -2.42. The smallest absolute Gasteiger partial charge is 0.0754 e. The van der Waals surface area contributed by atoms with Crippen molar-refractivity contribution in [3.63, 3.8) is 0 Å². The molecule has 0 spiro atoms. The van der Waals surface area contributed by atoms with Crippen molar-refractivity contribution >= 4 is 5.69 Å². The molecule has 3 unspecified atom stereocenters. The van der Waals surface area contributed by atoms with Crippen LogP contribution in [0.1, 0.15) is 20.3 Å². The number of hydrogen-bond donors (Lipinski definition) is 1. The maximum Gasteiger partial charge on any atom is 0.0754 e. The summed E-state index contributed by atoms with van der Waals surface area (Å²) >= 11 is 0. The van der Waals surface area contributed by atoms with E-state index in [4.69, 9.17) is 5.73 Å². The summed E-state index contributed by atoms with van der Waals surface area (Å²) in [6.45, 7) is 5.52. The molecule has 4 nitrogen and oxygen atoms in total. The van der Waals surface area contributed by atoms with Gasteiger partial charge in [0.25, 0.3) is 0 Å². The van der Waals surface area contributed by atoms with Gasteiger partial charge in [0.05, 0.1) is 11.9 Å². The fourth-order valence-corrected chi connectivity index (χ4v) is 2.32. The number of hydrogen-bond acceptors (Lipinski definition) is 3. The number of aromatic nitrogens is 2. The van der Waals surface area contributed by atoms with Crippen LogP contribution in [0.5, 0.6) is 0 Å². The molecular formula is C11H20N4. The van der Waals surface area contributed by atoms with Gasteiger partial charge >= 0.3 is 0 Å². The van der Waals surface area contributed by atoms with Crippen LogP contribution in [-0.2, 0) is 7.05 Å². The van der Waals surface area contributed by atoms with Gasteiger partial charge in [0.2, 0.25) is 0 Å². The van der Waals surface area contributed by atoms with Crippen molar-refractivity contribution in [2.24, 2.45) is 18.7 Å². The highest BCUT2D eigenvalue weighted by atomic mass is 15.3. The van der Waals surface area contributed by atoms with Gasteiger partial charge in [-0.1, -0.05) is 6.92 Å². The van der Waals surface area contributed by atoms with Crippen molar-refractivity contribution in [1.82, 2.24) is 9.78 Å². The Morgan fingerprint density at radius 2 is 2.20 bits per heavy atom. The van der Waals surface area contributed by atoms with Gasteiger partial charge in [-0.2, -0.15) is 5.10 Å². The van der Waals surface area contributed by atoms with Gasteiger partial charge in [0.1, 0.15) is 0 Å². The Bertz CT molecular complexity index is 333. The third kappa shape index (κ3) is 1.86. The van der Waals surface area contributed by atoms with Crippen LogP contribution >= 0.6 is 0 Å². The van der Waals surface area contributed by atoms with Crippen molar-refractivity contribution in [3.8, 4) is 0 Å². The zero-order chi connectivity index (χ0) is 11.0. The molecule has 2 heterocycles. The Kier molecular flexibility index (Phi) is 2.69. The third-order valence-corrected chi connectivity index (χ3v) is 3.65. The second-order valence-corrected chi connectivity index (χ2v) is 4.62. The molecular weight excluding hydrogens is 188 g/mol. The van der Waals surface area contributed by atoms with E-state index < -0.39 is 0 Å². The summed E-state index contributed by atoms with van der Waals surface area (Å²) < 4.78 is 1.85. The largest absolute Gasteiger partial charge is 0.366 e. The first-order chi connectivity index (χ1) is 7.09. The normalized spacial score (nSPS) is 32.0. The summed E-state index contributed by atoms with van der Waals surface area (Å²) in [7, 11) is 1.95. The standard InChI is InChI=1S/C11H20N4/c1-8-9(2)15(5-4-11(8)12)10-6-13-14(3)7-10/h6-9,11H,4-5,12H2,1-3H3. The number of rotatable bonds is 1. The number of nitrogens with zero attached hydrogens (tertiary/aromatic N) is 3. The molecule has 0 aromatic carbocycles. The molecule has 2 N–H and O–H groups in total. The number of piperidine rings is 1. The number of nitrogens with two attached hydrogens (primary N) is 1. The molecule has 0 aliphatic carbocycles. The maximum absolute atomic E-state index is 6.07. The molecule has 4 heteroatoms. The molecule has 0 radical (unpaired) electrons. The average Bonchev–Trinajstić information content (AvgIpc) is 2.61. The number of aryl methyl sites for hydroxylation is 1. The SMILES string of the molecule is CC1C(N)CCN(c2cnn(C)c2)C1C. The van der Waals surface area contributed by atoms with Crippen molar-refractivity contribution in [2.45, 2.75) is 32.4 Å². The summed E-state index contributed by atoms with van der Waals surface area (Å²) in [4.78, 5) is 2.40. The average molecular weight is 208 g/mol. The Morgan fingerprint density at radius 3 is 2.80 bits per heavy atom. The highest BCUT2D eigenvalue weighted by Crippen LogP contribution is 2.27. The van der Waals surface area contributed by atoms with E-state index in [1.54, 1.807) is 0 Å². The second kappa shape index (κ2) is 3.85. The number of anilines is 1. The van der Waals surface area contributed by atoms with E-state index in [2.05, 4.69) is 30.0 Å². The minimum Gasteiger partial charge on any atom is -0.366 e. The summed E-state index contributed by atoms with van der Waals surface area (Å²) in [5, 5.41) is 4.21. The summed E-state index contributed by atoms with van der Waals surface area (Å²) in [6, 6.07) is 0.839. The lowest BCUT2D eigenvalue weighted by molar-refractivity contribution is 0.315. The monoisotopic (exact) mass is 208 g/mol. The maximum atomic E-state index is 6.07. The lowest BCUT2D eigenvalue weighted by atomic mass is 9.87. The fourth-order valence-electron chi connectivity index (χ4n) is 2.32. The lowest BCUT2D eigenvalue weighted by Crippen LogP contribution is -2.51. The quantitative estimate of drug-likeness (QED) is 0.748. The summed E-state index contributed by atoms with van der Waals surface area (Å²) in [6.07, 6.45) is 5.07. The van der Waals surface area contributed by atoms with Crippen LogP contribution in [0.2, 0.25) is 0 Å². The van der Waals surface area contributed by atoms with Crippen molar-refractivity contribution in [2.75, 3.05) is 11.4 Å². The zero-order valence-electron chi connectivity index (χ0n) is 9.72. The van der Waals surface area contributed by atoms with Gasteiger partial charge < -0.3 is 10.6 Å². The molecule has 1 aromatic heterocycles. The fraction of sp³-hybridized carbons (Fsp3) is 0.727. The molecule has 1 saturated heterocycles. The Labute approximate surface area is 91.1 Å². The summed E-state index contributed by atoms with van der Waals surface area (Å²) in [5.74, 6) is 0.541. The van der Waals surface area contributed by atoms with Crippen molar-refractivity contribution in [1.29, 1.82) is 0 Å². The molecule has 1 aliphatic heterocycles. The third-order valence-electron chi connectivity index (χ3n) is 3.65. The van der Waals surface area contributed by atoms with Crippen LogP contribution in [0, 0.1) is 5.92 Å². The van der Waals surface area contributed by atoms with Crippen LogP contribution < -0.4 is 10.6 Å². The van der Waals surface area contributed by atoms with Gasteiger partial charge in [-0.3, -0.25) is 4.68 Å².